The molecular formula is C21H25BrFN3O4S. The Morgan fingerprint density at radius 3 is 2.35 bits per heavy atom. The van der Waals surface area contributed by atoms with Crippen molar-refractivity contribution in [2.45, 2.75) is 26.4 Å². The minimum absolute atomic E-state index is 0.109. The van der Waals surface area contributed by atoms with Crippen molar-refractivity contribution < 1.29 is 22.4 Å². The van der Waals surface area contributed by atoms with Gasteiger partial charge in [0.05, 0.1) is 11.9 Å². The van der Waals surface area contributed by atoms with Gasteiger partial charge in [-0.25, -0.2) is 12.8 Å². The molecule has 1 atom stereocenters. The molecule has 2 aromatic rings. The number of anilines is 1. The molecule has 0 aliphatic carbocycles. The van der Waals surface area contributed by atoms with Crippen LogP contribution in [0.25, 0.3) is 0 Å². The average Bonchev–Trinajstić information content (AvgIpc) is 2.70. The fourth-order valence-corrected chi connectivity index (χ4v) is 4.25. The minimum Gasteiger partial charge on any atom is -0.355 e. The summed E-state index contributed by atoms with van der Waals surface area (Å²) in [5, 5.41) is 2.68. The van der Waals surface area contributed by atoms with Crippen molar-refractivity contribution in [2.24, 2.45) is 0 Å². The first-order valence-electron chi connectivity index (χ1n) is 9.57. The highest BCUT2D eigenvalue weighted by atomic mass is 79.9. The lowest BCUT2D eigenvalue weighted by Gasteiger charge is -2.31. The monoisotopic (exact) mass is 513 g/mol. The van der Waals surface area contributed by atoms with Crippen LogP contribution in [0, 0.1) is 5.82 Å². The topological polar surface area (TPSA) is 86.8 Å². The van der Waals surface area contributed by atoms with Gasteiger partial charge in [-0.1, -0.05) is 28.1 Å². The van der Waals surface area contributed by atoms with Gasteiger partial charge in [-0.3, -0.25) is 13.9 Å². The number of likely N-dealkylation sites (N-methyl/N-ethyl adjacent to an activating group) is 1. The highest BCUT2D eigenvalue weighted by Crippen LogP contribution is 2.20. The molecule has 0 radical (unpaired) electrons. The number of nitrogens with one attached hydrogen (secondary N) is 1. The highest BCUT2D eigenvalue weighted by Gasteiger charge is 2.29. The van der Waals surface area contributed by atoms with Gasteiger partial charge in [0, 0.05) is 17.6 Å². The Morgan fingerprint density at radius 1 is 1.16 bits per heavy atom. The van der Waals surface area contributed by atoms with Crippen LogP contribution in [0.4, 0.5) is 10.1 Å². The van der Waals surface area contributed by atoms with Crippen LogP contribution in [0.3, 0.4) is 0 Å². The Hall–Kier alpha value is -2.46. The number of carbonyl (C=O) groups excluding carboxylic acids is 2. The van der Waals surface area contributed by atoms with Gasteiger partial charge in [-0.2, -0.15) is 0 Å². The van der Waals surface area contributed by atoms with Crippen LogP contribution >= 0.6 is 15.9 Å². The first kappa shape index (κ1) is 24.8. The third-order valence-corrected chi connectivity index (χ3v) is 6.19. The number of halogens is 2. The molecule has 1 N–H and O–H groups in total. The van der Waals surface area contributed by atoms with Crippen molar-refractivity contribution in [3.05, 3.63) is 64.4 Å². The molecule has 10 heteroatoms. The van der Waals surface area contributed by atoms with Crippen molar-refractivity contribution in [2.75, 3.05) is 23.7 Å². The average molecular weight is 514 g/mol. The lowest BCUT2D eigenvalue weighted by Crippen LogP contribution is -2.51. The Kier molecular flexibility index (Phi) is 8.58. The van der Waals surface area contributed by atoms with E-state index in [0.717, 1.165) is 32.7 Å². The fourth-order valence-electron chi connectivity index (χ4n) is 2.96. The summed E-state index contributed by atoms with van der Waals surface area (Å²) in [6, 6.07) is 11.3. The quantitative estimate of drug-likeness (QED) is 0.558. The summed E-state index contributed by atoms with van der Waals surface area (Å²) in [6.45, 7) is 3.33. The number of nitrogens with zero attached hydrogens (tertiary/aromatic N) is 2. The fraction of sp³-hybridized carbons (Fsp3) is 0.333. The van der Waals surface area contributed by atoms with Crippen LogP contribution in [0.15, 0.2) is 53.0 Å². The molecule has 168 valence electrons. The molecule has 0 heterocycles. The van der Waals surface area contributed by atoms with Crippen LogP contribution in [0.5, 0.6) is 0 Å². The molecule has 0 spiro atoms. The molecule has 2 amide bonds. The zero-order chi connectivity index (χ0) is 23.2. The number of hydrogen-bond donors (Lipinski definition) is 1. The van der Waals surface area contributed by atoms with Crippen molar-refractivity contribution in [1.82, 2.24) is 10.2 Å². The van der Waals surface area contributed by atoms with E-state index in [1.807, 2.05) is 18.2 Å². The normalized spacial score (nSPS) is 12.2. The van der Waals surface area contributed by atoms with Gasteiger partial charge in [0.25, 0.3) is 0 Å². The molecule has 0 unspecified atom stereocenters. The Morgan fingerprint density at radius 2 is 1.81 bits per heavy atom. The molecule has 2 rings (SSSR count). The number of amides is 2. The SMILES string of the molecule is CCNC(=O)[C@@H](C)N(Cc1cccc(Br)c1)C(=O)CN(c1ccc(F)cc1)S(C)(=O)=O. The number of carbonyl (C=O) groups is 2. The van der Waals surface area contributed by atoms with E-state index in [2.05, 4.69) is 21.2 Å². The molecule has 0 bridgehead atoms. The number of hydrogen-bond acceptors (Lipinski definition) is 4. The van der Waals surface area contributed by atoms with Crippen LogP contribution in [-0.2, 0) is 26.2 Å². The second-order valence-electron chi connectivity index (χ2n) is 6.97. The van der Waals surface area contributed by atoms with Crippen molar-refractivity contribution in [1.29, 1.82) is 0 Å². The summed E-state index contributed by atoms with van der Waals surface area (Å²) in [5.41, 5.74) is 0.928. The van der Waals surface area contributed by atoms with E-state index < -0.39 is 34.3 Å². The number of sulfonamides is 1. The lowest BCUT2D eigenvalue weighted by molar-refractivity contribution is -0.139. The van der Waals surface area contributed by atoms with Crippen LogP contribution in [0.1, 0.15) is 19.4 Å². The third kappa shape index (κ3) is 7.03. The second-order valence-corrected chi connectivity index (χ2v) is 9.79. The molecule has 7 nitrogen and oxygen atoms in total. The molecular weight excluding hydrogens is 489 g/mol. The molecule has 0 aromatic heterocycles. The van der Waals surface area contributed by atoms with E-state index in [0.29, 0.717) is 6.54 Å². The number of rotatable bonds is 9. The first-order valence-corrected chi connectivity index (χ1v) is 12.2. The molecule has 0 aliphatic heterocycles. The van der Waals surface area contributed by atoms with Crippen molar-refractivity contribution in [3.8, 4) is 0 Å². The predicted molar refractivity (Wildman–Crippen MR) is 121 cm³/mol. The van der Waals surface area contributed by atoms with Crippen LogP contribution in [-0.4, -0.2) is 50.5 Å². The lowest BCUT2D eigenvalue weighted by atomic mass is 10.1. The predicted octanol–water partition coefficient (Wildman–Crippen LogP) is 2.91. The Bertz CT molecular complexity index is 1030. The summed E-state index contributed by atoms with van der Waals surface area (Å²) in [5.74, 6) is -1.43. The van der Waals surface area contributed by atoms with E-state index in [4.69, 9.17) is 0 Å². The maximum Gasteiger partial charge on any atom is 0.244 e. The first-order chi connectivity index (χ1) is 14.5. The molecule has 0 saturated heterocycles. The van der Waals surface area contributed by atoms with Gasteiger partial charge >= 0.3 is 0 Å². The van der Waals surface area contributed by atoms with Gasteiger partial charge in [0.2, 0.25) is 21.8 Å². The van der Waals surface area contributed by atoms with Crippen molar-refractivity contribution >= 4 is 43.5 Å². The Labute approximate surface area is 190 Å². The zero-order valence-electron chi connectivity index (χ0n) is 17.5. The van der Waals surface area contributed by atoms with Gasteiger partial charge in [-0.15, -0.1) is 0 Å². The molecule has 0 saturated carbocycles. The van der Waals surface area contributed by atoms with Crippen molar-refractivity contribution in [3.63, 3.8) is 0 Å². The Balaban J connectivity index is 2.37. The van der Waals surface area contributed by atoms with E-state index >= 15 is 0 Å². The highest BCUT2D eigenvalue weighted by molar-refractivity contribution is 9.10. The van der Waals surface area contributed by atoms with Gasteiger partial charge < -0.3 is 10.2 Å². The molecule has 0 fully saturated rings. The van der Waals surface area contributed by atoms with Gasteiger partial charge in [0.15, 0.2) is 0 Å². The minimum atomic E-state index is -3.84. The maximum atomic E-state index is 13.3. The molecule has 2 aromatic carbocycles. The summed E-state index contributed by atoms with van der Waals surface area (Å²) >= 11 is 3.38. The second kappa shape index (κ2) is 10.7. The smallest absolute Gasteiger partial charge is 0.244 e. The van der Waals surface area contributed by atoms with E-state index in [9.17, 15) is 22.4 Å². The summed E-state index contributed by atoms with van der Waals surface area (Å²) in [4.78, 5) is 27.0. The zero-order valence-corrected chi connectivity index (χ0v) is 19.9. The van der Waals surface area contributed by atoms with Gasteiger partial charge in [0.1, 0.15) is 18.4 Å². The summed E-state index contributed by atoms with van der Waals surface area (Å²) in [6.07, 6.45) is 0.968. The van der Waals surface area contributed by atoms with E-state index in [1.165, 1.54) is 17.0 Å². The number of benzene rings is 2. The molecule has 31 heavy (non-hydrogen) atoms. The molecule has 0 aliphatic rings. The van der Waals surface area contributed by atoms with E-state index in [1.54, 1.807) is 19.9 Å². The summed E-state index contributed by atoms with van der Waals surface area (Å²) < 4.78 is 39.7. The standard InChI is InChI=1S/C21H25BrFN3O4S/c1-4-24-21(28)15(2)25(13-16-6-5-7-17(22)12-16)20(27)14-26(31(3,29)30)19-10-8-18(23)9-11-19/h5-12,15H,4,13-14H2,1-3H3,(H,24,28)/t15-/m1/s1. The van der Waals surface area contributed by atoms with Gasteiger partial charge in [-0.05, 0) is 55.8 Å². The summed E-state index contributed by atoms with van der Waals surface area (Å²) in [7, 11) is -3.84. The third-order valence-electron chi connectivity index (χ3n) is 4.55. The van der Waals surface area contributed by atoms with Crippen LogP contribution < -0.4 is 9.62 Å². The maximum absolute atomic E-state index is 13.3. The van der Waals surface area contributed by atoms with Crippen LogP contribution in [0.2, 0.25) is 0 Å². The van der Waals surface area contributed by atoms with E-state index in [-0.39, 0.29) is 18.1 Å². The largest absolute Gasteiger partial charge is 0.355 e.